The highest BCUT2D eigenvalue weighted by atomic mass is 19.3. The van der Waals surface area contributed by atoms with Gasteiger partial charge in [0, 0.05) is 6.61 Å². The van der Waals surface area contributed by atoms with Gasteiger partial charge in [-0.3, -0.25) is 4.79 Å². The van der Waals surface area contributed by atoms with Crippen LogP contribution in [0.4, 0.5) is 8.78 Å². The van der Waals surface area contributed by atoms with Gasteiger partial charge in [0.1, 0.15) is 6.10 Å². The van der Waals surface area contributed by atoms with Crippen molar-refractivity contribution in [2.45, 2.75) is 19.0 Å². The third-order valence-electron chi connectivity index (χ3n) is 1.70. The Morgan fingerprint density at radius 1 is 1.64 bits per heavy atom. The molecule has 1 N–H and O–H groups in total. The average molecular weight is 166 g/mol. The molecule has 0 spiro atoms. The molecule has 1 aliphatic rings. The third kappa shape index (κ3) is 1.65. The fourth-order valence-corrected chi connectivity index (χ4v) is 1.12. The second kappa shape index (κ2) is 3.13. The normalized spacial score (nSPS) is 31.2. The van der Waals surface area contributed by atoms with Gasteiger partial charge in [-0.15, -0.1) is 0 Å². The standard InChI is InChI=1S/C6H8F2O3/c7-5(8)4-3(6(9)10)1-2-11-4/h3-5H,1-2H2,(H,9,10). The Morgan fingerprint density at radius 3 is 2.64 bits per heavy atom. The molecule has 1 aliphatic heterocycles. The fraction of sp³-hybridized carbons (Fsp3) is 0.833. The zero-order chi connectivity index (χ0) is 8.43. The van der Waals surface area contributed by atoms with E-state index in [0.29, 0.717) is 0 Å². The molecule has 1 saturated heterocycles. The van der Waals surface area contributed by atoms with Crippen LogP contribution in [-0.2, 0) is 9.53 Å². The van der Waals surface area contributed by atoms with E-state index in [0.717, 1.165) is 0 Å². The van der Waals surface area contributed by atoms with E-state index >= 15 is 0 Å². The van der Waals surface area contributed by atoms with Gasteiger partial charge in [0.25, 0.3) is 6.43 Å². The molecule has 2 unspecified atom stereocenters. The highest BCUT2D eigenvalue weighted by Crippen LogP contribution is 2.25. The first-order valence-corrected chi connectivity index (χ1v) is 3.25. The first kappa shape index (κ1) is 8.39. The van der Waals surface area contributed by atoms with Gasteiger partial charge < -0.3 is 9.84 Å². The molecular formula is C6H8F2O3. The van der Waals surface area contributed by atoms with E-state index in [4.69, 9.17) is 5.11 Å². The van der Waals surface area contributed by atoms with Gasteiger partial charge in [0.2, 0.25) is 0 Å². The molecule has 1 heterocycles. The molecule has 0 aromatic rings. The SMILES string of the molecule is O=C(O)C1CCOC1C(F)F. The van der Waals surface area contributed by atoms with Crippen molar-refractivity contribution in [2.75, 3.05) is 6.61 Å². The van der Waals surface area contributed by atoms with E-state index in [-0.39, 0.29) is 13.0 Å². The van der Waals surface area contributed by atoms with Gasteiger partial charge in [-0.05, 0) is 6.42 Å². The minimum Gasteiger partial charge on any atom is -0.481 e. The molecule has 0 bridgehead atoms. The van der Waals surface area contributed by atoms with Gasteiger partial charge in [0.15, 0.2) is 0 Å². The molecule has 0 amide bonds. The Balaban J connectivity index is 2.58. The van der Waals surface area contributed by atoms with Crippen LogP contribution in [0, 0.1) is 5.92 Å². The predicted molar refractivity (Wildman–Crippen MR) is 31.5 cm³/mol. The Bertz CT molecular complexity index is 160. The van der Waals surface area contributed by atoms with Crippen LogP contribution in [0.15, 0.2) is 0 Å². The van der Waals surface area contributed by atoms with Gasteiger partial charge in [0.05, 0.1) is 5.92 Å². The lowest BCUT2D eigenvalue weighted by Gasteiger charge is -2.12. The number of aliphatic carboxylic acids is 1. The minimum atomic E-state index is -2.70. The number of halogens is 2. The maximum Gasteiger partial charge on any atom is 0.309 e. The number of alkyl halides is 2. The Labute approximate surface area is 62.0 Å². The zero-order valence-corrected chi connectivity index (χ0v) is 5.67. The van der Waals surface area contributed by atoms with Gasteiger partial charge in [-0.25, -0.2) is 8.78 Å². The molecule has 11 heavy (non-hydrogen) atoms. The molecule has 64 valence electrons. The zero-order valence-electron chi connectivity index (χ0n) is 5.67. The molecule has 1 fully saturated rings. The Hall–Kier alpha value is -0.710. The maximum atomic E-state index is 12.0. The Morgan fingerprint density at radius 2 is 2.27 bits per heavy atom. The van der Waals surface area contributed by atoms with E-state index in [1.54, 1.807) is 0 Å². The summed E-state index contributed by atoms with van der Waals surface area (Å²) in [6.07, 6.45) is -3.92. The van der Waals surface area contributed by atoms with Crippen LogP contribution >= 0.6 is 0 Å². The molecule has 1 rings (SSSR count). The summed E-state index contributed by atoms with van der Waals surface area (Å²) in [5, 5.41) is 8.42. The first-order chi connectivity index (χ1) is 5.13. The van der Waals surface area contributed by atoms with E-state index < -0.39 is 24.4 Å². The predicted octanol–water partition coefficient (Wildman–Crippen LogP) is 0.741. The molecule has 3 nitrogen and oxygen atoms in total. The van der Waals surface area contributed by atoms with Crippen molar-refractivity contribution in [3.05, 3.63) is 0 Å². The molecule has 0 radical (unpaired) electrons. The van der Waals surface area contributed by atoms with Crippen LogP contribution in [0.5, 0.6) is 0 Å². The molecule has 2 atom stereocenters. The van der Waals surface area contributed by atoms with Gasteiger partial charge >= 0.3 is 5.97 Å². The summed E-state index contributed by atoms with van der Waals surface area (Å²) >= 11 is 0. The molecular weight excluding hydrogens is 158 g/mol. The van der Waals surface area contributed by atoms with E-state index in [2.05, 4.69) is 4.74 Å². The second-order valence-electron chi connectivity index (χ2n) is 2.40. The molecule has 0 aliphatic carbocycles. The molecule has 5 heteroatoms. The highest BCUT2D eigenvalue weighted by Gasteiger charge is 2.39. The van der Waals surface area contributed by atoms with Crippen molar-refractivity contribution in [3.8, 4) is 0 Å². The molecule has 0 aromatic carbocycles. The van der Waals surface area contributed by atoms with Crippen LogP contribution in [0.1, 0.15) is 6.42 Å². The second-order valence-corrected chi connectivity index (χ2v) is 2.40. The van der Waals surface area contributed by atoms with Crippen molar-refractivity contribution in [1.82, 2.24) is 0 Å². The summed E-state index contributed by atoms with van der Waals surface area (Å²) in [6.45, 7) is 0.117. The van der Waals surface area contributed by atoms with E-state index in [1.165, 1.54) is 0 Å². The highest BCUT2D eigenvalue weighted by molar-refractivity contribution is 5.71. The summed E-state index contributed by atoms with van der Waals surface area (Å²) in [4.78, 5) is 10.3. The van der Waals surface area contributed by atoms with Crippen LogP contribution in [0.3, 0.4) is 0 Å². The largest absolute Gasteiger partial charge is 0.481 e. The lowest BCUT2D eigenvalue weighted by atomic mass is 10.0. The number of carbonyl (C=O) groups is 1. The van der Waals surface area contributed by atoms with E-state index in [1.807, 2.05) is 0 Å². The first-order valence-electron chi connectivity index (χ1n) is 3.25. The summed E-state index contributed by atoms with van der Waals surface area (Å²) in [5.41, 5.74) is 0. The summed E-state index contributed by atoms with van der Waals surface area (Å²) in [5.74, 6) is -2.23. The molecule has 0 aromatic heterocycles. The van der Waals surface area contributed by atoms with Crippen LogP contribution in [0.25, 0.3) is 0 Å². The topological polar surface area (TPSA) is 46.5 Å². The summed E-state index contributed by atoms with van der Waals surface area (Å²) in [7, 11) is 0. The Kier molecular flexibility index (Phi) is 2.38. The number of hydrogen-bond donors (Lipinski definition) is 1. The number of ether oxygens (including phenoxy) is 1. The number of hydrogen-bond acceptors (Lipinski definition) is 2. The fourth-order valence-electron chi connectivity index (χ4n) is 1.12. The van der Waals surface area contributed by atoms with Crippen molar-refractivity contribution in [3.63, 3.8) is 0 Å². The molecule has 0 saturated carbocycles. The van der Waals surface area contributed by atoms with Crippen molar-refractivity contribution in [2.24, 2.45) is 5.92 Å². The van der Waals surface area contributed by atoms with Gasteiger partial charge in [-0.1, -0.05) is 0 Å². The summed E-state index contributed by atoms with van der Waals surface area (Å²) in [6, 6.07) is 0. The van der Waals surface area contributed by atoms with Crippen molar-refractivity contribution < 1.29 is 23.4 Å². The van der Waals surface area contributed by atoms with Crippen LogP contribution in [-0.4, -0.2) is 30.2 Å². The van der Waals surface area contributed by atoms with Crippen molar-refractivity contribution >= 4 is 5.97 Å². The van der Waals surface area contributed by atoms with Crippen LogP contribution < -0.4 is 0 Å². The number of carboxylic acid groups (broad SMARTS) is 1. The quantitative estimate of drug-likeness (QED) is 0.658. The van der Waals surface area contributed by atoms with Crippen LogP contribution in [0.2, 0.25) is 0 Å². The lowest BCUT2D eigenvalue weighted by Crippen LogP contribution is -2.30. The maximum absolute atomic E-state index is 12.0. The third-order valence-corrected chi connectivity index (χ3v) is 1.70. The average Bonchev–Trinajstić information content (AvgIpc) is 2.32. The van der Waals surface area contributed by atoms with E-state index in [9.17, 15) is 13.6 Å². The smallest absolute Gasteiger partial charge is 0.309 e. The minimum absolute atomic E-state index is 0.117. The van der Waals surface area contributed by atoms with Crippen molar-refractivity contribution in [1.29, 1.82) is 0 Å². The number of carboxylic acids is 1. The monoisotopic (exact) mass is 166 g/mol. The van der Waals surface area contributed by atoms with Gasteiger partial charge in [-0.2, -0.15) is 0 Å². The lowest BCUT2D eigenvalue weighted by molar-refractivity contribution is -0.147. The number of rotatable bonds is 2. The summed E-state index contributed by atoms with van der Waals surface area (Å²) < 4.78 is 28.5.